The molecule has 1 aliphatic heterocycles. The van der Waals surface area contributed by atoms with E-state index in [1.165, 1.54) is 51.4 Å². The largest absolute Gasteiger partial charge is 0.384 e. The molecule has 1 saturated carbocycles. The van der Waals surface area contributed by atoms with Gasteiger partial charge in [0.05, 0.1) is 6.61 Å². The molecule has 1 unspecified atom stereocenters. The van der Waals surface area contributed by atoms with Gasteiger partial charge in [0.15, 0.2) is 5.96 Å². The van der Waals surface area contributed by atoms with Crippen molar-refractivity contribution in [2.75, 3.05) is 39.9 Å². The minimum absolute atomic E-state index is 0. The summed E-state index contributed by atoms with van der Waals surface area (Å²) in [6, 6.07) is 0. The van der Waals surface area contributed by atoms with Crippen LogP contribution in [0.5, 0.6) is 0 Å². The van der Waals surface area contributed by atoms with E-state index in [1.54, 1.807) is 7.11 Å². The van der Waals surface area contributed by atoms with Crippen molar-refractivity contribution in [1.29, 1.82) is 0 Å². The molecule has 1 saturated heterocycles. The molecule has 2 fully saturated rings. The maximum atomic E-state index is 5.29. The molecule has 0 bridgehead atoms. The molecule has 5 heteroatoms. The smallest absolute Gasteiger partial charge is 0.193 e. The first-order valence-corrected chi connectivity index (χ1v) is 9.35. The molecular weight excluding hydrogens is 401 g/mol. The second kappa shape index (κ2) is 12.3. The molecule has 1 heterocycles. The van der Waals surface area contributed by atoms with Gasteiger partial charge in [0.25, 0.3) is 0 Å². The van der Waals surface area contributed by atoms with Crippen molar-refractivity contribution in [3.8, 4) is 0 Å². The van der Waals surface area contributed by atoms with Gasteiger partial charge in [0, 0.05) is 39.2 Å². The topological polar surface area (TPSA) is 36.9 Å². The molecule has 2 rings (SSSR count). The molecule has 0 radical (unpaired) electrons. The van der Waals surface area contributed by atoms with E-state index in [-0.39, 0.29) is 24.0 Å². The molecule has 1 N–H and O–H groups in total. The molecule has 0 spiro atoms. The van der Waals surface area contributed by atoms with Crippen LogP contribution in [0.2, 0.25) is 0 Å². The van der Waals surface area contributed by atoms with Crippen LogP contribution in [-0.4, -0.2) is 50.8 Å². The number of aliphatic imine (C=N–C) groups is 1. The molecule has 0 aromatic carbocycles. The van der Waals surface area contributed by atoms with E-state index in [1.807, 2.05) is 0 Å². The number of guanidine groups is 1. The standard InChI is InChI=1S/C18H35N3O.HI/c1-3-19-18(21-13-11-17(14-21)15-22-2)20-12-7-10-16-8-5-4-6-9-16;/h16-17H,3-15H2,1-2H3,(H,19,20);1H. The summed E-state index contributed by atoms with van der Waals surface area (Å²) in [6.45, 7) is 7.15. The first kappa shape index (κ1) is 21.0. The number of halogens is 1. The summed E-state index contributed by atoms with van der Waals surface area (Å²) >= 11 is 0. The van der Waals surface area contributed by atoms with Crippen LogP contribution in [0.4, 0.5) is 0 Å². The fourth-order valence-corrected chi connectivity index (χ4v) is 3.86. The Balaban J connectivity index is 0.00000264. The normalized spacial score (nSPS) is 23.0. The molecule has 2 aliphatic rings. The predicted octanol–water partition coefficient (Wildman–Crippen LogP) is 3.90. The average molecular weight is 437 g/mol. The van der Waals surface area contributed by atoms with Crippen molar-refractivity contribution < 1.29 is 4.74 Å². The molecule has 136 valence electrons. The Bertz CT molecular complexity index is 332. The van der Waals surface area contributed by atoms with Crippen LogP contribution in [0.3, 0.4) is 0 Å². The van der Waals surface area contributed by atoms with Crippen molar-refractivity contribution >= 4 is 29.9 Å². The van der Waals surface area contributed by atoms with Crippen molar-refractivity contribution in [3.05, 3.63) is 0 Å². The maximum absolute atomic E-state index is 5.29. The van der Waals surface area contributed by atoms with Gasteiger partial charge in [-0.05, 0) is 32.1 Å². The summed E-state index contributed by atoms with van der Waals surface area (Å²) in [5, 5.41) is 3.46. The summed E-state index contributed by atoms with van der Waals surface area (Å²) in [7, 11) is 1.80. The number of likely N-dealkylation sites (tertiary alicyclic amines) is 1. The quantitative estimate of drug-likeness (QED) is 0.284. The second-order valence-electron chi connectivity index (χ2n) is 6.94. The van der Waals surface area contributed by atoms with Gasteiger partial charge >= 0.3 is 0 Å². The van der Waals surface area contributed by atoms with Crippen LogP contribution in [0, 0.1) is 11.8 Å². The number of ether oxygens (including phenoxy) is 1. The highest BCUT2D eigenvalue weighted by molar-refractivity contribution is 14.0. The molecule has 0 aromatic rings. The van der Waals surface area contributed by atoms with Crippen LogP contribution >= 0.6 is 24.0 Å². The Morgan fingerprint density at radius 1 is 1.17 bits per heavy atom. The van der Waals surface area contributed by atoms with E-state index < -0.39 is 0 Å². The molecule has 0 amide bonds. The zero-order chi connectivity index (χ0) is 15.6. The number of rotatable bonds is 7. The second-order valence-corrected chi connectivity index (χ2v) is 6.94. The first-order valence-electron chi connectivity index (χ1n) is 9.35. The Labute approximate surface area is 159 Å². The number of methoxy groups -OCH3 is 1. The molecule has 0 aromatic heterocycles. The average Bonchev–Trinajstić information content (AvgIpc) is 3.00. The lowest BCUT2D eigenvalue weighted by Gasteiger charge is -2.22. The third-order valence-corrected chi connectivity index (χ3v) is 5.08. The van der Waals surface area contributed by atoms with Gasteiger partial charge in [0.2, 0.25) is 0 Å². The minimum Gasteiger partial charge on any atom is -0.384 e. The summed E-state index contributed by atoms with van der Waals surface area (Å²) in [6.07, 6.45) is 11.1. The SMILES string of the molecule is CCNC(=NCCCC1CCCCC1)N1CCC(COC)C1.I. The van der Waals surface area contributed by atoms with Crippen LogP contribution < -0.4 is 5.32 Å². The van der Waals surface area contributed by atoms with Crippen LogP contribution in [0.25, 0.3) is 0 Å². The summed E-state index contributed by atoms with van der Waals surface area (Å²) in [5.74, 6) is 2.75. The lowest BCUT2D eigenvalue weighted by atomic mass is 9.86. The number of hydrogen-bond donors (Lipinski definition) is 1. The highest BCUT2D eigenvalue weighted by atomic mass is 127. The van der Waals surface area contributed by atoms with Crippen LogP contribution in [0.15, 0.2) is 4.99 Å². The van der Waals surface area contributed by atoms with Gasteiger partial charge in [-0.1, -0.05) is 32.1 Å². The Kier molecular flexibility index (Phi) is 11.3. The van der Waals surface area contributed by atoms with Gasteiger partial charge in [0.1, 0.15) is 0 Å². The Morgan fingerprint density at radius 3 is 2.65 bits per heavy atom. The zero-order valence-corrected chi connectivity index (χ0v) is 17.4. The van der Waals surface area contributed by atoms with E-state index in [2.05, 4.69) is 17.1 Å². The van der Waals surface area contributed by atoms with E-state index in [9.17, 15) is 0 Å². The zero-order valence-electron chi connectivity index (χ0n) is 15.1. The number of nitrogens with zero attached hydrogens (tertiary/aromatic N) is 2. The van der Waals surface area contributed by atoms with Gasteiger partial charge < -0.3 is 15.0 Å². The van der Waals surface area contributed by atoms with Crippen LogP contribution in [-0.2, 0) is 4.74 Å². The summed E-state index contributed by atoms with van der Waals surface area (Å²) in [4.78, 5) is 7.28. The van der Waals surface area contributed by atoms with Gasteiger partial charge in [-0.15, -0.1) is 24.0 Å². The Morgan fingerprint density at radius 2 is 1.96 bits per heavy atom. The minimum atomic E-state index is 0. The van der Waals surface area contributed by atoms with Gasteiger partial charge in [-0.3, -0.25) is 4.99 Å². The Hall–Kier alpha value is -0.0400. The third kappa shape index (κ3) is 7.59. The predicted molar refractivity (Wildman–Crippen MR) is 109 cm³/mol. The fourth-order valence-electron chi connectivity index (χ4n) is 3.86. The molecule has 4 nitrogen and oxygen atoms in total. The van der Waals surface area contributed by atoms with E-state index in [0.29, 0.717) is 5.92 Å². The fraction of sp³-hybridized carbons (Fsp3) is 0.944. The van der Waals surface area contributed by atoms with E-state index >= 15 is 0 Å². The lowest BCUT2D eigenvalue weighted by Crippen LogP contribution is -2.40. The molecule has 1 aliphatic carbocycles. The first-order chi connectivity index (χ1) is 10.8. The molecular formula is C18H36IN3O. The molecule has 23 heavy (non-hydrogen) atoms. The van der Waals surface area contributed by atoms with Crippen molar-refractivity contribution in [2.24, 2.45) is 16.8 Å². The number of hydrogen-bond acceptors (Lipinski definition) is 2. The van der Waals surface area contributed by atoms with Gasteiger partial charge in [-0.2, -0.15) is 0 Å². The third-order valence-electron chi connectivity index (χ3n) is 5.08. The molecule has 1 atom stereocenters. The van der Waals surface area contributed by atoms with E-state index in [4.69, 9.17) is 9.73 Å². The van der Waals surface area contributed by atoms with E-state index in [0.717, 1.165) is 44.7 Å². The summed E-state index contributed by atoms with van der Waals surface area (Å²) < 4.78 is 5.29. The maximum Gasteiger partial charge on any atom is 0.193 e. The lowest BCUT2D eigenvalue weighted by molar-refractivity contribution is 0.157. The highest BCUT2D eigenvalue weighted by Crippen LogP contribution is 2.27. The number of nitrogens with one attached hydrogen (secondary N) is 1. The van der Waals surface area contributed by atoms with Crippen molar-refractivity contribution in [3.63, 3.8) is 0 Å². The monoisotopic (exact) mass is 437 g/mol. The summed E-state index contributed by atoms with van der Waals surface area (Å²) in [5.41, 5.74) is 0. The van der Waals surface area contributed by atoms with Crippen LogP contribution in [0.1, 0.15) is 58.3 Å². The highest BCUT2D eigenvalue weighted by Gasteiger charge is 2.24. The van der Waals surface area contributed by atoms with Crippen molar-refractivity contribution in [1.82, 2.24) is 10.2 Å². The van der Waals surface area contributed by atoms with Gasteiger partial charge in [-0.25, -0.2) is 0 Å². The van der Waals surface area contributed by atoms with Crippen molar-refractivity contribution in [2.45, 2.75) is 58.3 Å².